The van der Waals surface area contributed by atoms with E-state index in [0.717, 1.165) is 49.2 Å². The van der Waals surface area contributed by atoms with Gasteiger partial charge in [-0.15, -0.1) is 0 Å². The first-order chi connectivity index (χ1) is 12.6. The van der Waals surface area contributed by atoms with Crippen molar-refractivity contribution in [2.75, 3.05) is 26.3 Å². The van der Waals surface area contributed by atoms with Crippen LogP contribution in [0.2, 0.25) is 0 Å². The molecule has 0 N–H and O–H groups in total. The van der Waals surface area contributed by atoms with Crippen LogP contribution in [0, 0.1) is 6.92 Å². The smallest absolute Gasteiger partial charge is 0.193 e. The van der Waals surface area contributed by atoms with Gasteiger partial charge in [0.2, 0.25) is 0 Å². The van der Waals surface area contributed by atoms with Crippen molar-refractivity contribution in [3.8, 4) is 0 Å². The second-order valence-corrected chi connectivity index (χ2v) is 7.28. The maximum atomic E-state index is 12.8. The lowest BCUT2D eigenvalue weighted by atomic mass is 9.99. The van der Waals surface area contributed by atoms with Crippen molar-refractivity contribution < 1.29 is 14.3 Å². The van der Waals surface area contributed by atoms with Gasteiger partial charge >= 0.3 is 0 Å². The van der Waals surface area contributed by atoms with Gasteiger partial charge in [0.15, 0.2) is 11.6 Å². The molecule has 2 saturated heterocycles. The number of carbonyl (C=O) groups excluding carboxylic acids is 1. The van der Waals surface area contributed by atoms with Crippen LogP contribution >= 0.6 is 0 Å². The molecule has 0 aliphatic carbocycles. The van der Waals surface area contributed by atoms with Gasteiger partial charge in [0.25, 0.3) is 0 Å². The Balaban J connectivity index is 1.42. The van der Waals surface area contributed by atoms with E-state index in [-0.39, 0.29) is 11.6 Å². The fraction of sp³-hybridized carbons (Fsp3) is 0.409. The van der Waals surface area contributed by atoms with Crippen molar-refractivity contribution >= 4 is 5.78 Å². The van der Waals surface area contributed by atoms with Gasteiger partial charge in [0.05, 0.1) is 13.2 Å². The molecule has 1 spiro atoms. The summed E-state index contributed by atoms with van der Waals surface area (Å²) in [5.41, 5.74) is 3.78. The predicted molar refractivity (Wildman–Crippen MR) is 100 cm³/mol. The van der Waals surface area contributed by atoms with Crippen molar-refractivity contribution in [3.63, 3.8) is 0 Å². The Morgan fingerprint density at radius 1 is 1.00 bits per heavy atom. The molecule has 2 aliphatic rings. The molecule has 2 heterocycles. The average Bonchev–Trinajstić information content (AvgIpc) is 3.12. The Labute approximate surface area is 154 Å². The van der Waals surface area contributed by atoms with Crippen molar-refractivity contribution in [1.82, 2.24) is 4.90 Å². The van der Waals surface area contributed by atoms with E-state index in [2.05, 4.69) is 11.0 Å². The first kappa shape index (κ1) is 17.4. The maximum absolute atomic E-state index is 12.8. The molecule has 2 aromatic carbocycles. The number of ketones is 1. The van der Waals surface area contributed by atoms with E-state index in [1.165, 1.54) is 5.56 Å². The molecule has 0 radical (unpaired) electrons. The number of likely N-dealkylation sites (tertiary alicyclic amines) is 1. The van der Waals surface area contributed by atoms with Crippen molar-refractivity contribution in [2.24, 2.45) is 0 Å². The zero-order valence-electron chi connectivity index (χ0n) is 15.2. The van der Waals surface area contributed by atoms with Gasteiger partial charge < -0.3 is 9.47 Å². The molecule has 136 valence electrons. The van der Waals surface area contributed by atoms with Gasteiger partial charge in [-0.25, -0.2) is 0 Å². The van der Waals surface area contributed by atoms with Gasteiger partial charge in [-0.05, 0) is 24.6 Å². The summed E-state index contributed by atoms with van der Waals surface area (Å²) in [6, 6.07) is 15.8. The quantitative estimate of drug-likeness (QED) is 0.790. The molecule has 26 heavy (non-hydrogen) atoms. The van der Waals surface area contributed by atoms with E-state index >= 15 is 0 Å². The van der Waals surface area contributed by atoms with Crippen LogP contribution in [0.25, 0.3) is 0 Å². The van der Waals surface area contributed by atoms with Gasteiger partial charge in [-0.3, -0.25) is 9.69 Å². The second-order valence-electron chi connectivity index (χ2n) is 7.28. The SMILES string of the molecule is Cc1cccc(C(=O)c2cccc(CN3CCC4(CC3)OCCO4)c2)c1. The van der Waals surface area contributed by atoms with E-state index < -0.39 is 0 Å². The number of carbonyl (C=O) groups is 1. The Morgan fingerprint density at radius 2 is 1.65 bits per heavy atom. The second kappa shape index (κ2) is 7.31. The summed E-state index contributed by atoms with van der Waals surface area (Å²) in [5, 5.41) is 0. The Bertz CT molecular complexity index is 785. The molecule has 0 unspecified atom stereocenters. The van der Waals surface area contributed by atoms with Crippen molar-refractivity contribution in [1.29, 1.82) is 0 Å². The summed E-state index contributed by atoms with van der Waals surface area (Å²) >= 11 is 0. The number of piperidine rings is 1. The molecule has 0 atom stereocenters. The summed E-state index contributed by atoms with van der Waals surface area (Å²) in [6.45, 7) is 6.19. The third-order valence-corrected chi connectivity index (χ3v) is 5.31. The molecule has 4 nitrogen and oxygen atoms in total. The molecule has 4 rings (SSSR count). The summed E-state index contributed by atoms with van der Waals surface area (Å²) < 4.78 is 11.6. The molecule has 0 saturated carbocycles. The van der Waals surface area contributed by atoms with E-state index in [1.807, 2.05) is 49.4 Å². The minimum absolute atomic E-state index is 0.0842. The maximum Gasteiger partial charge on any atom is 0.193 e. The summed E-state index contributed by atoms with van der Waals surface area (Å²) in [5.74, 6) is -0.250. The molecule has 2 fully saturated rings. The topological polar surface area (TPSA) is 38.8 Å². The van der Waals surface area contributed by atoms with Crippen LogP contribution in [0.3, 0.4) is 0 Å². The van der Waals surface area contributed by atoms with E-state index in [4.69, 9.17) is 9.47 Å². The lowest BCUT2D eigenvalue weighted by Gasteiger charge is -2.37. The van der Waals surface area contributed by atoms with E-state index in [0.29, 0.717) is 13.2 Å². The minimum Gasteiger partial charge on any atom is -0.347 e. The molecule has 2 aliphatic heterocycles. The van der Waals surface area contributed by atoms with Crippen molar-refractivity contribution in [2.45, 2.75) is 32.1 Å². The number of hydrogen-bond acceptors (Lipinski definition) is 4. The minimum atomic E-state index is -0.334. The monoisotopic (exact) mass is 351 g/mol. The van der Waals surface area contributed by atoms with Gasteiger partial charge in [-0.1, -0.05) is 42.0 Å². The van der Waals surface area contributed by atoms with Crippen LogP contribution in [0.5, 0.6) is 0 Å². The number of ether oxygens (including phenoxy) is 2. The Kier molecular flexibility index (Phi) is 4.90. The highest BCUT2D eigenvalue weighted by Gasteiger charge is 2.39. The molecule has 0 amide bonds. The Hall–Kier alpha value is -2.01. The first-order valence-corrected chi connectivity index (χ1v) is 9.34. The summed E-state index contributed by atoms with van der Waals surface area (Å²) in [7, 11) is 0. The van der Waals surface area contributed by atoms with Gasteiger partial charge in [0.1, 0.15) is 0 Å². The number of benzene rings is 2. The largest absolute Gasteiger partial charge is 0.347 e. The highest BCUT2D eigenvalue weighted by molar-refractivity contribution is 6.09. The van der Waals surface area contributed by atoms with E-state index in [1.54, 1.807) is 0 Å². The third kappa shape index (κ3) is 3.73. The average molecular weight is 351 g/mol. The molecular weight excluding hydrogens is 326 g/mol. The fourth-order valence-corrected chi connectivity index (χ4v) is 3.86. The standard InChI is InChI=1S/C22H25NO3/c1-17-4-2-6-19(14-17)21(24)20-7-3-5-18(15-20)16-23-10-8-22(9-11-23)25-12-13-26-22/h2-7,14-15H,8-13,16H2,1H3. The van der Waals surface area contributed by atoms with Crippen LogP contribution < -0.4 is 0 Å². The predicted octanol–water partition coefficient (Wildman–Crippen LogP) is 3.56. The Morgan fingerprint density at radius 3 is 2.35 bits per heavy atom. The van der Waals surface area contributed by atoms with Crippen LogP contribution in [0.1, 0.15) is 39.9 Å². The zero-order valence-corrected chi connectivity index (χ0v) is 15.2. The van der Waals surface area contributed by atoms with Crippen LogP contribution in [-0.4, -0.2) is 42.8 Å². The number of nitrogens with zero attached hydrogens (tertiary/aromatic N) is 1. The van der Waals surface area contributed by atoms with Crippen LogP contribution in [0.4, 0.5) is 0 Å². The van der Waals surface area contributed by atoms with Gasteiger partial charge in [0, 0.05) is 43.6 Å². The first-order valence-electron chi connectivity index (χ1n) is 9.34. The molecular formula is C22H25NO3. The molecule has 0 aromatic heterocycles. The highest BCUT2D eigenvalue weighted by atomic mass is 16.7. The molecule has 4 heteroatoms. The normalized spacial score (nSPS) is 19.7. The van der Waals surface area contributed by atoms with Gasteiger partial charge in [-0.2, -0.15) is 0 Å². The van der Waals surface area contributed by atoms with Crippen LogP contribution in [-0.2, 0) is 16.0 Å². The zero-order chi connectivity index (χ0) is 18.0. The fourth-order valence-electron chi connectivity index (χ4n) is 3.86. The summed E-state index contributed by atoms with van der Waals surface area (Å²) in [6.07, 6.45) is 1.82. The number of rotatable bonds is 4. The number of hydrogen-bond donors (Lipinski definition) is 0. The lowest BCUT2D eigenvalue weighted by Crippen LogP contribution is -2.44. The molecule has 0 bridgehead atoms. The highest BCUT2D eigenvalue weighted by Crippen LogP contribution is 2.31. The molecule has 2 aromatic rings. The van der Waals surface area contributed by atoms with E-state index in [9.17, 15) is 4.79 Å². The van der Waals surface area contributed by atoms with Crippen LogP contribution in [0.15, 0.2) is 48.5 Å². The summed E-state index contributed by atoms with van der Waals surface area (Å²) in [4.78, 5) is 15.2. The lowest BCUT2D eigenvalue weighted by molar-refractivity contribution is -0.185. The van der Waals surface area contributed by atoms with Crippen molar-refractivity contribution in [3.05, 3.63) is 70.8 Å². The number of aryl methyl sites for hydroxylation is 1. The third-order valence-electron chi connectivity index (χ3n) is 5.31.